The van der Waals surface area contributed by atoms with Gasteiger partial charge < -0.3 is 14.8 Å². The summed E-state index contributed by atoms with van der Waals surface area (Å²) in [6.45, 7) is 6.14. The number of nitrogens with zero attached hydrogens (tertiary/aromatic N) is 1. The molecule has 0 fully saturated rings. The average molecular weight is 397 g/mol. The summed E-state index contributed by atoms with van der Waals surface area (Å²) in [6, 6.07) is 13.3. The minimum Gasteiger partial charge on any atom is -0.497 e. The zero-order valence-corrected chi connectivity index (χ0v) is 17.1. The molecule has 1 atom stereocenters. The number of amides is 2. The molecule has 2 aromatic carbocycles. The Kier molecular flexibility index (Phi) is 8.21. The molecule has 2 amide bonds. The van der Waals surface area contributed by atoms with Gasteiger partial charge in [-0.1, -0.05) is 26.0 Å². The highest BCUT2D eigenvalue weighted by molar-refractivity contribution is 5.97. The van der Waals surface area contributed by atoms with Crippen molar-refractivity contribution in [1.82, 2.24) is 10.7 Å². The van der Waals surface area contributed by atoms with Crippen LogP contribution in [-0.2, 0) is 4.79 Å². The van der Waals surface area contributed by atoms with Crippen molar-refractivity contribution in [3.63, 3.8) is 0 Å². The van der Waals surface area contributed by atoms with Crippen LogP contribution in [0.25, 0.3) is 0 Å². The quantitative estimate of drug-likeness (QED) is 0.503. The fourth-order valence-corrected chi connectivity index (χ4v) is 2.61. The average Bonchev–Trinajstić information content (AvgIpc) is 2.73. The maximum atomic E-state index is 12.6. The summed E-state index contributed by atoms with van der Waals surface area (Å²) in [5.41, 5.74) is 3.69. The molecule has 0 radical (unpaired) electrons. The van der Waals surface area contributed by atoms with Gasteiger partial charge in [0, 0.05) is 11.1 Å². The van der Waals surface area contributed by atoms with Crippen LogP contribution in [0.1, 0.15) is 36.7 Å². The van der Waals surface area contributed by atoms with Gasteiger partial charge in [-0.3, -0.25) is 9.59 Å². The molecule has 0 aliphatic heterocycles. The summed E-state index contributed by atoms with van der Waals surface area (Å²) in [6.07, 6.45) is 1.52. The Bertz CT molecular complexity index is 847. The van der Waals surface area contributed by atoms with Crippen LogP contribution in [0.5, 0.6) is 11.5 Å². The van der Waals surface area contributed by atoms with Crippen LogP contribution in [0, 0.1) is 5.92 Å². The predicted octanol–water partition coefficient (Wildman–Crippen LogP) is 3.00. The second kappa shape index (κ2) is 10.8. The topological polar surface area (TPSA) is 89.0 Å². The molecule has 29 heavy (non-hydrogen) atoms. The minimum atomic E-state index is -0.733. The van der Waals surface area contributed by atoms with E-state index >= 15 is 0 Å². The van der Waals surface area contributed by atoms with E-state index in [-0.39, 0.29) is 11.8 Å². The van der Waals surface area contributed by atoms with Crippen LogP contribution >= 0.6 is 0 Å². The van der Waals surface area contributed by atoms with E-state index in [0.717, 1.165) is 5.56 Å². The lowest BCUT2D eigenvalue weighted by Crippen LogP contribution is -2.48. The van der Waals surface area contributed by atoms with E-state index in [0.29, 0.717) is 23.7 Å². The van der Waals surface area contributed by atoms with Gasteiger partial charge in [0.1, 0.15) is 17.5 Å². The molecule has 0 aliphatic rings. The zero-order valence-electron chi connectivity index (χ0n) is 17.1. The SMILES string of the molecule is CCOc1ccccc1C=NNC(=O)C(NC(=O)c1ccc(OC)cc1)C(C)C. The predicted molar refractivity (Wildman–Crippen MR) is 112 cm³/mol. The number of carbonyl (C=O) groups excluding carboxylic acids is 2. The number of para-hydroxylation sites is 1. The molecule has 2 N–H and O–H groups in total. The minimum absolute atomic E-state index is 0.122. The molecule has 0 saturated carbocycles. The largest absolute Gasteiger partial charge is 0.497 e. The number of methoxy groups -OCH3 is 1. The number of benzene rings is 2. The third-order valence-corrected chi connectivity index (χ3v) is 4.19. The van der Waals surface area contributed by atoms with Crippen molar-refractivity contribution in [2.24, 2.45) is 11.0 Å². The number of carbonyl (C=O) groups is 2. The van der Waals surface area contributed by atoms with Gasteiger partial charge in [-0.05, 0) is 49.2 Å². The van der Waals surface area contributed by atoms with E-state index in [2.05, 4.69) is 15.8 Å². The van der Waals surface area contributed by atoms with Crippen LogP contribution < -0.4 is 20.2 Å². The van der Waals surface area contributed by atoms with Gasteiger partial charge in [0.2, 0.25) is 0 Å². The molecule has 7 nitrogen and oxygen atoms in total. The molecule has 7 heteroatoms. The van der Waals surface area contributed by atoms with Gasteiger partial charge in [0.25, 0.3) is 11.8 Å². The normalized spacial score (nSPS) is 11.9. The first-order valence-electron chi connectivity index (χ1n) is 9.46. The number of nitrogens with one attached hydrogen (secondary N) is 2. The monoisotopic (exact) mass is 397 g/mol. The molecular weight excluding hydrogens is 370 g/mol. The summed E-state index contributed by atoms with van der Waals surface area (Å²) in [5.74, 6) is 0.477. The lowest BCUT2D eigenvalue weighted by molar-refractivity contribution is -0.123. The highest BCUT2D eigenvalue weighted by Gasteiger charge is 2.24. The van der Waals surface area contributed by atoms with Crippen LogP contribution in [0.2, 0.25) is 0 Å². The lowest BCUT2D eigenvalue weighted by atomic mass is 10.0. The van der Waals surface area contributed by atoms with Crippen LogP contribution in [0.3, 0.4) is 0 Å². The number of ether oxygens (including phenoxy) is 2. The first-order valence-corrected chi connectivity index (χ1v) is 9.46. The molecule has 2 rings (SSSR count). The van der Waals surface area contributed by atoms with Gasteiger partial charge in [-0.2, -0.15) is 5.10 Å². The Morgan fingerprint density at radius 1 is 1.10 bits per heavy atom. The van der Waals surface area contributed by atoms with E-state index in [1.807, 2.05) is 45.0 Å². The molecule has 0 aromatic heterocycles. The Hall–Kier alpha value is -3.35. The Morgan fingerprint density at radius 2 is 1.79 bits per heavy atom. The fourth-order valence-electron chi connectivity index (χ4n) is 2.61. The Balaban J connectivity index is 2.02. The molecule has 1 unspecified atom stereocenters. The fraction of sp³-hybridized carbons (Fsp3) is 0.318. The third kappa shape index (κ3) is 6.34. The van der Waals surface area contributed by atoms with E-state index < -0.39 is 11.9 Å². The van der Waals surface area contributed by atoms with Crippen molar-refractivity contribution in [1.29, 1.82) is 0 Å². The Labute approximate surface area is 171 Å². The molecule has 0 saturated heterocycles. The van der Waals surface area contributed by atoms with Crippen LogP contribution in [0.4, 0.5) is 0 Å². The summed E-state index contributed by atoms with van der Waals surface area (Å²) < 4.78 is 10.6. The highest BCUT2D eigenvalue weighted by atomic mass is 16.5. The van der Waals surface area contributed by atoms with Gasteiger partial charge in [0.05, 0.1) is 19.9 Å². The number of hydrazone groups is 1. The van der Waals surface area contributed by atoms with Crippen molar-refractivity contribution in [2.75, 3.05) is 13.7 Å². The van der Waals surface area contributed by atoms with Crippen LogP contribution in [0.15, 0.2) is 53.6 Å². The van der Waals surface area contributed by atoms with E-state index in [9.17, 15) is 9.59 Å². The van der Waals surface area contributed by atoms with Gasteiger partial charge in [0.15, 0.2) is 0 Å². The smallest absolute Gasteiger partial charge is 0.262 e. The van der Waals surface area contributed by atoms with Crippen molar-refractivity contribution in [3.05, 3.63) is 59.7 Å². The van der Waals surface area contributed by atoms with Crippen molar-refractivity contribution >= 4 is 18.0 Å². The highest BCUT2D eigenvalue weighted by Crippen LogP contribution is 2.15. The molecule has 0 heterocycles. The number of hydrogen-bond acceptors (Lipinski definition) is 5. The second-order valence-corrected chi connectivity index (χ2v) is 6.63. The summed E-state index contributed by atoms with van der Waals surface area (Å²) in [5, 5.41) is 6.78. The van der Waals surface area contributed by atoms with Crippen molar-refractivity contribution in [3.8, 4) is 11.5 Å². The van der Waals surface area contributed by atoms with Gasteiger partial charge in [-0.25, -0.2) is 5.43 Å². The molecular formula is C22H27N3O4. The molecule has 154 valence electrons. The van der Waals surface area contributed by atoms with Crippen LogP contribution in [-0.4, -0.2) is 37.8 Å². The van der Waals surface area contributed by atoms with Gasteiger partial charge in [-0.15, -0.1) is 0 Å². The molecule has 0 spiro atoms. The van der Waals surface area contributed by atoms with E-state index in [4.69, 9.17) is 9.47 Å². The number of hydrogen-bond donors (Lipinski definition) is 2. The second-order valence-electron chi connectivity index (χ2n) is 6.63. The van der Waals surface area contributed by atoms with Crippen molar-refractivity contribution in [2.45, 2.75) is 26.8 Å². The zero-order chi connectivity index (χ0) is 21.2. The van der Waals surface area contributed by atoms with E-state index in [1.165, 1.54) is 6.21 Å². The summed E-state index contributed by atoms with van der Waals surface area (Å²) >= 11 is 0. The third-order valence-electron chi connectivity index (χ3n) is 4.19. The van der Waals surface area contributed by atoms with E-state index in [1.54, 1.807) is 31.4 Å². The summed E-state index contributed by atoms with van der Waals surface area (Å²) in [7, 11) is 1.56. The Morgan fingerprint density at radius 3 is 2.41 bits per heavy atom. The number of rotatable bonds is 9. The summed E-state index contributed by atoms with van der Waals surface area (Å²) in [4.78, 5) is 25.1. The van der Waals surface area contributed by atoms with Crippen molar-refractivity contribution < 1.29 is 19.1 Å². The maximum absolute atomic E-state index is 12.6. The maximum Gasteiger partial charge on any atom is 0.262 e. The molecule has 0 aliphatic carbocycles. The first kappa shape index (κ1) is 21.9. The standard InChI is InChI=1S/C22H27N3O4/c1-5-29-19-9-7-6-8-17(19)14-23-25-22(27)20(15(2)3)24-21(26)16-10-12-18(28-4)13-11-16/h6-15,20H,5H2,1-4H3,(H,24,26)(H,25,27). The van der Waals surface area contributed by atoms with Gasteiger partial charge >= 0.3 is 0 Å². The molecule has 2 aromatic rings. The molecule has 0 bridgehead atoms. The first-order chi connectivity index (χ1) is 14.0. The lowest BCUT2D eigenvalue weighted by Gasteiger charge is -2.20.